The fourth-order valence-corrected chi connectivity index (χ4v) is 2.35. The van der Waals surface area contributed by atoms with Gasteiger partial charge < -0.3 is 14.4 Å². The second-order valence-electron chi connectivity index (χ2n) is 4.77. The highest BCUT2D eigenvalue weighted by atomic mass is 16.5. The highest BCUT2D eigenvalue weighted by Gasteiger charge is 2.23. The van der Waals surface area contributed by atoms with Crippen LogP contribution in [0.5, 0.6) is 5.88 Å². The lowest BCUT2D eigenvalue weighted by molar-refractivity contribution is 0.0986. The number of ether oxygens (including phenoxy) is 1. The number of aryl methyl sites for hydroxylation is 1. The maximum atomic E-state index is 11.9. The summed E-state index contributed by atoms with van der Waals surface area (Å²) in [6.07, 6.45) is 6.99. The van der Waals surface area contributed by atoms with Crippen LogP contribution in [0.2, 0.25) is 0 Å². The van der Waals surface area contributed by atoms with E-state index in [1.165, 1.54) is 0 Å². The van der Waals surface area contributed by atoms with Crippen molar-refractivity contribution in [3.05, 3.63) is 22.7 Å². The van der Waals surface area contributed by atoms with Crippen LogP contribution in [0.25, 0.3) is 0 Å². The summed E-state index contributed by atoms with van der Waals surface area (Å²) >= 11 is 0. The topological polar surface area (TPSA) is 64.3 Å². The molecule has 18 heavy (non-hydrogen) atoms. The van der Waals surface area contributed by atoms with Gasteiger partial charge in [0.15, 0.2) is 0 Å². The predicted octanol–water partition coefficient (Wildman–Crippen LogP) is 1.19. The average molecular weight is 252 g/mol. The zero-order valence-corrected chi connectivity index (χ0v) is 10.7. The van der Waals surface area contributed by atoms with Gasteiger partial charge in [-0.15, -0.1) is 0 Å². The number of aromatic nitrogens is 2. The van der Waals surface area contributed by atoms with Crippen LogP contribution < -0.4 is 10.3 Å². The molecule has 0 radical (unpaired) electrons. The molecule has 5 heteroatoms. The highest BCUT2D eigenvalue weighted by Crippen LogP contribution is 2.25. The Morgan fingerprint density at radius 2 is 2.17 bits per heavy atom. The summed E-state index contributed by atoms with van der Waals surface area (Å²) in [5.41, 5.74) is -0.163. The zero-order chi connectivity index (χ0) is 13.0. The summed E-state index contributed by atoms with van der Waals surface area (Å²) in [5, 5.41) is 9.07. The summed E-state index contributed by atoms with van der Waals surface area (Å²) in [5.74, 6) is 0.590. The molecule has 1 aliphatic carbocycles. The van der Waals surface area contributed by atoms with Crippen LogP contribution in [0.4, 0.5) is 0 Å². The molecule has 1 aromatic heterocycles. The van der Waals surface area contributed by atoms with Crippen LogP contribution in [-0.2, 0) is 6.54 Å². The monoisotopic (exact) mass is 252 g/mol. The van der Waals surface area contributed by atoms with Crippen LogP contribution in [-0.4, -0.2) is 27.4 Å². The van der Waals surface area contributed by atoms with E-state index in [0.717, 1.165) is 25.7 Å². The second kappa shape index (κ2) is 6.00. The van der Waals surface area contributed by atoms with E-state index in [4.69, 9.17) is 9.84 Å². The second-order valence-corrected chi connectivity index (χ2v) is 4.77. The van der Waals surface area contributed by atoms with E-state index < -0.39 is 0 Å². The van der Waals surface area contributed by atoms with Gasteiger partial charge in [-0.2, -0.15) is 0 Å². The number of rotatable bonds is 4. The zero-order valence-electron chi connectivity index (χ0n) is 10.7. The van der Waals surface area contributed by atoms with E-state index in [1.807, 2.05) is 6.92 Å². The molecule has 0 saturated heterocycles. The number of hydrogen-bond donors (Lipinski definition) is 1. The van der Waals surface area contributed by atoms with E-state index in [1.54, 1.807) is 17.0 Å². The van der Waals surface area contributed by atoms with Crippen LogP contribution >= 0.6 is 0 Å². The average Bonchev–Trinajstić information content (AvgIpc) is 2.42. The minimum absolute atomic E-state index is 0.0562. The van der Waals surface area contributed by atoms with Crippen molar-refractivity contribution in [3.8, 4) is 5.88 Å². The molecular formula is C13H20N2O3. The van der Waals surface area contributed by atoms with Crippen LogP contribution in [0, 0.1) is 5.92 Å². The van der Waals surface area contributed by atoms with Crippen molar-refractivity contribution < 1.29 is 9.84 Å². The van der Waals surface area contributed by atoms with Crippen molar-refractivity contribution in [2.75, 3.05) is 6.61 Å². The standard InChI is InChI=1S/C13H20N2O3/c1-2-15-8-7-14-12(13(15)17)18-11-5-3-10(9-16)4-6-11/h7-8,10-11,16H,2-6,9H2,1H3. The van der Waals surface area contributed by atoms with Gasteiger partial charge in [0.05, 0.1) is 0 Å². The van der Waals surface area contributed by atoms with Crippen LogP contribution in [0.15, 0.2) is 17.2 Å². The molecule has 1 heterocycles. The molecule has 5 nitrogen and oxygen atoms in total. The minimum Gasteiger partial charge on any atom is -0.470 e. The third-order valence-corrected chi connectivity index (χ3v) is 3.55. The van der Waals surface area contributed by atoms with E-state index >= 15 is 0 Å². The third kappa shape index (κ3) is 2.90. The number of hydrogen-bond acceptors (Lipinski definition) is 4. The van der Waals surface area contributed by atoms with Crippen LogP contribution in [0.3, 0.4) is 0 Å². The molecule has 1 aliphatic rings. The van der Waals surface area contributed by atoms with Crippen molar-refractivity contribution >= 4 is 0 Å². The van der Waals surface area contributed by atoms with Crippen molar-refractivity contribution in [3.63, 3.8) is 0 Å². The number of nitrogens with zero attached hydrogens (tertiary/aromatic N) is 2. The molecule has 100 valence electrons. The third-order valence-electron chi connectivity index (χ3n) is 3.55. The maximum absolute atomic E-state index is 11.9. The Bertz CT molecular complexity index is 436. The predicted molar refractivity (Wildman–Crippen MR) is 67.6 cm³/mol. The van der Waals surface area contributed by atoms with Crippen molar-refractivity contribution in [2.45, 2.75) is 45.3 Å². The summed E-state index contributed by atoms with van der Waals surface area (Å²) in [4.78, 5) is 15.9. The van der Waals surface area contributed by atoms with Gasteiger partial charge in [0.25, 0.3) is 5.88 Å². The quantitative estimate of drug-likeness (QED) is 0.874. The molecule has 1 fully saturated rings. The molecule has 0 atom stereocenters. The van der Waals surface area contributed by atoms with Gasteiger partial charge in [0.1, 0.15) is 6.10 Å². The first-order valence-electron chi connectivity index (χ1n) is 6.57. The lowest BCUT2D eigenvalue weighted by Crippen LogP contribution is -2.30. The van der Waals surface area contributed by atoms with Crippen molar-refractivity contribution in [1.29, 1.82) is 0 Å². The van der Waals surface area contributed by atoms with E-state index in [2.05, 4.69) is 4.98 Å². The first-order chi connectivity index (χ1) is 8.74. The molecule has 1 aromatic rings. The first-order valence-corrected chi connectivity index (χ1v) is 6.57. The van der Waals surface area contributed by atoms with Crippen LogP contribution in [0.1, 0.15) is 32.6 Å². The van der Waals surface area contributed by atoms with Gasteiger partial charge in [0.2, 0.25) is 0 Å². The molecule has 0 bridgehead atoms. The van der Waals surface area contributed by atoms with Gasteiger partial charge in [-0.1, -0.05) is 0 Å². The molecule has 1 saturated carbocycles. The summed E-state index contributed by atoms with van der Waals surface area (Å²) in [6.45, 7) is 2.78. The largest absolute Gasteiger partial charge is 0.470 e. The van der Waals surface area contributed by atoms with E-state index in [0.29, 0.717) is 12.5 Å². The molecule has 2 rings (SSSR count). The van der Waals surface area contributed by atoms with E-state index in [-0.39, 0.29) is 24.2 Å². The molecular weight excluding hydrogens is 232 g/mol. The normalized spacial score (nSPS) is 23.9. The van der Waals surface area contributed by atoms with Gasteiger partial charge in [-0.3, -0.25) is 4.79 Å². The smallest absolute Gasteiger partial charge is 0.313 e. The number of aliphatic hydroxyl groups excluding tert-OH is 1. The summed E-state index contributed by atoms with van der Waals surface area (Å²) in [6, 6.07) is 0. The van der Waals surface area contributed by atoms with Gasteiger partial charge in [-0.05, 0) is 38.5 Å². The fraction of sp³-hybridized carbons (Fsp3) is 0.692. The van der Waals surface area contributed by atoms with Crippen molar-refractivity contribution in [2.24, 2.45) is 5.92 Å². The Labute approximate surface area is 106 Å². The minimum atomic E-state index is -0.163. The van der Waals surface area contributed by atoms with Gasteiger partial charge in [-0.25, -0.2) is 4.98 Å². The fourth-order valence-electron chi connectivity index (χ4n) is 2.35. The Morgan fingerprint density at radius 1 is 1.44 bits per heavy atom. The SMILES string of the molecule is CCn1ccnc(OC2CCC(CO)CC2)c1=O. The molecule has 0 spiro atoms. The first kappa shape index (κ1) is 13.1. The Balaban J connectivity index is 2.00. The Kier molecular flexibility index (Phi) is 4.36. The number of aliphatic hydroxyl groups is 1. The summed E-state index contributed by atoms with van der Waals surface area (Å²) < 4.78 is 7.28. The lowest BCUT2D eigenvalue weighted by atomic mass is 9.88. The maximum Gasteiger partial charge on any atom is 0.313 e. The Morgan fingerprint density at radius 3 is 2.78 bits per heavy atom. The lowest BCUT2D eigenvalue weighted by Gasteiger charge is -2.27. The molecule has 0 aromatic carbocycles. The highest BCUT2D eigenvalue weighted by molar-refractivity contribution is 5.05. The van der Waals surface area contributed by atoms with Crippen molar-refractivity contribution in [1.82, 2.24) is 9.55 Å². The molecule has 0 amide bonds. The van der Waals surface area contributed by atoms with Gasteiger partial charge in [0, 0.05) is 25.5 Å². The molecule has 1 N–H and O–H groups in total. The van der Waals surface area contributed by atoms with Gasteiger partial charge >= 0.3 is 5.56 Å². The van der Waals surface area contributed by atoms with E-state index in [9.17, 15) is 4.79 Å². The Hall–Kier alpha value is -1.36. The molecule has 0 unspecified atom stereocenters. The summed E-state index contributed by atoms with van der Waals surface area (Å²) in [7, 11) is 0. The molecule has 0 aliphatic heterocycles.